The normalized spacial score (nSPS) is 25.9. The molecule has 0 spiro atoms. The van der Waals surface area contributed by atoms with Crippen molar-refractivity contribution in [1.29, 1.82) is 0 Å². The Balaban J connectivity index is 2.57. The minimum atomic E-state index is -1.13. The van der Waals surface area contributed by atoms with E-state index in [-0.39, 0.29) is 5.46 Å². The molecule has 0 bridgehead atoms. The van der Waals surface area contributed by atoms with E-state index in [0.717, 1.165) is 0 Å². The largest absolute Gasteiger partial charge is 0.494 e. The van der Waals surface area contributed by atoms with Gasteiger partial charge in [0.15, 0.2) is 0 Å². The van der Waals surface area contributed by atoms with E-state index in [2.05, 4.69) is 0 Å². The zero-order chi connectivity index (χ0) is 15.5. The molecule has 0 amide bonds. The van der Waals surface area contributed by atoms with Crippen LogP contribution in [0.15, 0.2) is 24.2 Å². The van der Waals surface area contributed by atoms with Crippen molar-refractivity contribution in [2.75, 3.05) is 0 Å². The first kappa shape index (κ1) is 7.46. The van der Waals surface area contributed by atoms with Crippen LogP contribution < -0.4 is 5.46 Å². The summed E-state index contributed by atoms with van der Waals surface area (Å²) in [6, 6.07) is -2.34. The minimum Gasteiger partial charge on any atom is -0.399 e. The van der Waals surface area contributed by atoms with Crippen LogP contribution in [0.25, 0.3) is 0 Å². The molecule has 0 radical (unpaired) electrons. The molecule has 2 nitrogen and oxygen atoms in total. The van der Waals surface area contributed by atoms with E-state index in [1.165, 1.54) is 0 Å². The van der Waals surface area contributed by atoms with Gasteiger partial charge in [-0.1, -0.05) is 12.1 Å². The molecular weight excluding hydrogens is 206 g/mol. The lowest BCUT2D eigenvalue weighted by molar-refractivity contribution is 0.00578. The number of rotatable bonds is 1. The number of hydrogen-bond acceptors (Lipinski definition) is 2. The van der Waals surface area contributed by atoms with Gasteiger partial charge in [0.25, 0.3) is 0 Å². The maximum atomic E-state index is 13.8. The molecule has 0 unspecified atom stereocenters. The Labute approximate surface area is 102 Å². The molecular formula is C12H16BFO2. The van der Waals surface area contributed by atoms with Gasteiger partial charge in [0.2, 0.25) is 0 Å². The van der Waals surface area contributed by atoms with Crippen LogP contribution in [0.3, 0.4) is 0 Å². The minimum absolute atomic E-state index is 0.137. The molecule has 0 aliphatic carbocycles. The van der Waals surface area contributed by atoms with Crippen molar-refractivity contribution in [2.24, 2.45) is 0 Å². The fourth-order valence-corrected chi connectivity index (χ4v) is 1.41. The van der Waals surface area contributed by atoms with Crippen molar-refractivity contribution >= 4 is 12.6 Å². The third-order valence-corrected chi connectivity index (χ3v) is 3.10. The van der Waals surface area contributed by atoms with Crippen LogP contribution in [0.4, 0.5) is 4.39 Å². The summed E-state index contributed by atoms with van der Waals surface area (Å²) < 4.78 is 55.7. The van der Waals surface area contributed by atoms with Gasteiger partial charge >= 0.3 is 7.12 Å². The lowest BCUT2D eigenvalue weighted by atomic mass is 9.79. The first-order valence-corrected chi connectivity index (χ1v) is 5.11. The molecule has 0 atom stereocenters. The predicted octanol–water partition coefficient (Wildman–Crippen LogP) is 2.12. The van der Waals surface area contributed by atoms with Crippen LogP contribution in [0.1, 0.15) is 33.2 Å². The Kier molecular flexibility index (Phi) is 1.66. The van der Waals surface area contributed by atoms with Crippen LogP contribution >= 0.6 is 0 Å². The molecule has 1 aliphatic heterocycles. The molecule has 0 N–H and O–H groups in total. The monoisotopic (exact) mass is 226 g/mol. The molecule has 16 heavy (non-hydrogen) atoms. The van der Waals surface area contributed by atoms with Crippen molar-refractivity contribution in [2.45, 2.75) is 38.9 Å². The molecule has 1 aromatic carbocycles. The van der Waals surface area contributed by atoms with E-state index in [9.17, 15) is 4.39 Å². The van der Waals surface area contributed by atoms with Gasteiger partial charge in [-0.15, -0.1) is 0 Å². The van der Waals surface area contributed by atoms with Crippen LogP contribution in [-0.2, 0) is 9.31 Å². The summed E-state index contributed by atoms with van der Waals surface area (Å²) in [5.41, 5.74) is -1.51. The van der Waals surface area contributed by atoms with Crippen molar-refractivity contribution in [1.82, 2.24) is 0 Å². The van der Waals surface area contributed by atoms with Crippen molar-refractivity contribution < 1.29 is 19.2 Å². The molecule has 0 saturated carbocycles. The summed E-state index contributed by atoms with van der Waals surface area (Å²) in [5.74, 6) is -1.13. The second kappa shape index (κ2) is 3.57. The van der Waals surface area contributed by atoms with E-state index in [1.807, 2.05) is 0 Å². The maximum Gasteiger partial charge on any atom is 0.494 e. The smallest absolute Gasteiger partial charge is 0.399 e. The summed E-state index contributed by atoms with van der Waals surface area (Å²) >= 11 is 0. The van der Waals surface area contributed by atoms with Gasteiger partial charge in [-0.3, -0.25) is 0 Å². The highest BCUT2D eigenvalue weighted by Crippen LogP contribution is 2.36. The number of halogens is 1. The first-order valence-electron chi connectivity index (χ1n) is 7.11. The quantitative estimate of drug-likeness (QED) is 0.683. The fourth-order valence-electron chi connectivity index (χ4n) is 1.41. The SMILES string of the molecule is [2H]c1c([2H])c(F)c([2H])c(B2OC(C)(C)C(C)(C)O2)c1[2H]. The summed E-state index contributed by atoms with van der Waals surface area (Å²) in [4.78, 5) is 0. The average molecular weight is 226 g/mol. The lowest BCUT2D eigenvalue weighted by Crippen LogP contribution is -2.41. The van der Waals surface area contributed by atoms with Crippen LogP contribution in [0, 0.1) is 5.82 Å². The zero-order valence-corrected chi connectivity index (χ0v) is 9.77. The van der Waals surface area contributed by atoms with Gasteiger partial charge < -0.3 is 9.31 Å². The Morgan fingerprint density at radius 3 is 2.31 bits per heavy atom. The molecule has 0 aromatic heterocycles. The molecule has 2 rings (SSSR count). The van der Waals surface area contributed by atoms with Crippen LogP contribution in [-0.4, -0.2) is 18.3 Å². The Morgan fingerprint density at radius 2 is 1.75 bits per heavy atom. The van der Waals surface area contributed by atoms with Gasteiger partial charge in [-0.25, -0.2) is 4.39 Å². The van der Waals surface area contributed by atoms with Crippen molar-refractivity contribution in [3.8, 4) is 0 Å². The summed E-state index contributed by atoms with van der Waals surface area (Å²) in [6.45, 7) is 7.21. The van der Waals surface area contributed by atoms with E-state index in [1.54, 1.807) is 27.7 Å². The molecule has 4 heteroatoms. The highest BCUT2D eigenvalue weighted by molar-refractivity contribution is 6.62. The van der Waals surface area contributed by atoms with Crippen LogP contribution in [0.2, 0.25) is 0 Å². The van der Waals surface area contributed by atoms with E-state index < -0.39 is 48.3 Å². The predicted molar refractivity (Wildman–Crippen MR) is 62.1 cm³/mol. The Morgan fingerprint density at radius 1 is 1.19 bits per heavy atom. The molecule has 1 fully saturated rings. The molecule has 1 heterocycles. The molecule has 1 saturated heterocycles. The standard InChI is InChI=1S/C12H16BFO2/c1-11(2)12(3,4)16-13(15-11)9-6-5-7-10(14)8-9/h5-8H,1-4H3/i5D,6D,7D,8D. The number of benzene rings is 1. The summed E-state index contributed by atoms with van der Waals surface area (Å²) in [5, 5.41) is 0. The summed E-state index contributed by atoms with van der Waals surface area (Å²) in [6.07, 6.45) is 0. The third kappa shape index (κ3) is 1.87. The second-order valence-electron chi connectivity index (χ2n) is 4.82. The van der Waals surface area contributed by atoms with Gasteiger partial charge in [0.05, 0.1) is 16.7 Å². The van der Waals surface area contributed by atoms with E-state index in [0.29, 0.717) is 0 Å². The van der Waals surface area contributed by atoms with Gasteiger partial charge in [0.1, 0.15) is 5.82 Å². The molecule has 86 valence electrons. The molecule has 1 aromatic rings. The van der Waals surface area contributed by atoms with Gasteiger partial charge in [-0.2, -0.15) is 0 Å². The zero-order valence-electron chi connectivity index (χ0n) is 13.8. The van der Waals surface area contributed by atoms with Crippen molar-refractivity contribution in [3.05, 3.63) is 30.0 Å². The van der Waals surface area contributed by atoms with Gasteiger partial charge in [-0.05, 0) is 45.2 Å². The highest BCUT2D eigenvalue weighted by atomic mass is 19.1. The highest BCUT2D eigenvalue weighted by Gasteiger charge is 2.51. The maximum absolute atomic E-state index is 13.8. The topological polar surface area (TPSA) is 18.5 Å². The first-order chi connectivity index (χ1) is 8.99. The Bertz CT molecular complexity index is 532. The lowest BCUT2D eigenvalue weighted by Gasteiger charge is -2.32. The number of hydrogen-bond donors (Lipinski definition) is 0. The fraction of sp³-hybridized carbons (Fsp3) is 0.500. The summed E-state index contributed by atoms with van der Waals surface area (Å²) in [7, 11) is -1.08. The Hall–Kier alpha value is -0.865. The van der Waals surface area contributed by atoms with Crippen molar-refractivity contribution in [3.63, 3.8) is 0 Å². The van der Waals surface area contributed by atoms with E-state index >= 15 is 0 Å². The third-order valence-electron chi connectivity index (χ3n) is 3.10. The van der Waals surface area contributed by atoms with Gasteiger partial charge in [0, 0.05) is 0 Å². The van der Waals surface area contributed by atoms with Crippen LogP contribution in [0.5, 0.6) is 0 Å². The average Bonchev–Trinajstić information content (AvgIpc) is 2.53. The second-order valence-corrected chi connectivity index (χ2v) is 4.82. The molecule has 1 aliphatic rings. The van der Waals surface area contributed by atoms with E-state index in [4.69, 9.17) is 14.8 Å².